The largest absolute Gasteiger partial charge is 0.497 e. The molecule has 2 amide bonds. The predicted molar refractivity (Wildman–Crippen MR) is 122 cm³/mol. The molecule has 1 heterocycles. The molecule has 7 heteroatoms. The van der Waals surface area contributed by atoms with E-state index < -0.39 is 12.1 Å². The second-order valence-corrected chi connectivity index (χ2v) is 7.11. The van der Waals surface area contributed by atoms with Crippen LogP contribution in [-0.2, 0) is 0 Å². The van der Waals surface area contributed by atoms with Crippen LogP contribution in [0.15, 0.2) is 85.5 Å². The molecule has 162 valence electrons. The first-order chi connectivity index (χ1) is 15.6. The number of para-hydroxylation sites is 1. The maximum atomic E-state index is 13.3. The van der Waals surface area contributed by atoms with Crippen molar-refractivity contribution < 1.29 is 19.1 Å². The Kier molecular flexibility index (Phi) is 6.07. The van der Waals surface area contributed by atoms with Crippen LogP contribution in [0.25, 0.3) is 0 Å². The SMILES string of the molecule is C=CCOc1ccc(C(=O)NN2C(=O)c3ccccc3N[C@@H]2c2ccc(OC)cc2)cc1. The highest BCUT2D eigenvalue weighted by Crippen LogP contribution is 2.32. The van der Waals surface area contributed by atoms with Crippen LogP contribution in [0, 0.1) is 0 Å². The Bertz CT molecular complexity index is 1130. The predicted octanol–water partition coefficient (Wildman–Crippen LogP) is 4.17. The van der Waals surface area contributed by atoms with Gasteiger partial charge in [-0.1, -0.05) is 36.9 Å². The van der Waals surface area contributed by atoms with Gasteiger partial charge in [0, 0.05) is 11.3 Å². The summed E-state index contributed by atoms with van der Waals surface area (Å²) in [6.45, 7) is 3.99. The van der Waals surface area contributed by atoms with Crippen LogP contribution in [-0.4, -0.2) is 30.5 Å². The summed E-state index contributed by atoms with van der Waals surface area (Å²) < 4.78 is 10.7. The van der Waals surface area contributed by atoms with Gasteiger partial charge in [-0.25, -0.2) is 5.01 Å². The fourth-order valence-corrected chi connectivity index (χ4v) is 3.42. The summed E-state index contributed by atoms with van der Waals surface area (Å²) in [4.78, 5) is 26.2. The number of hydrogen-bond acceptors (Lipinski definition) is 5. The molecule has 0 radical (unpaired) electrons. The second kappa shape index (κ2) is 9.26. The lowest BCUT2D eigenvalue weighted by molar-refractivity contribution is 0.0491. The summed E-state index contributed by atoms with van der Waals surface area (Å²) >= 11 is 0. The van der Waals surface area contributed by atoms with Crippen molar-refractivity contribution in [3.8, 4) is 11.5 Å². The van der Waals surface area contributed by atoms with Gasteiger partial charge in [0.15, 0.2) is 0 Å². The number of benzene rings is 3. The van der Waals surface area contributed by atoms with E-state index in [0.29, 0.717) is 34.9 Å². The average Bonchev–Trinajstić information content (AvgIpc) is 2.84. The van der Waals surface area contributed by atoms with E-state index in [9.17, 15) is 9.59 Å². The third-order valence-electron chi connectivity index (χ3n) is 5.06. The molecule has 0 spiro atoms. The second-order valence-electron chi connectivity index (χ2n) is 7.11. The summed E-state index contributed by atoms with van der Waals surface area (Å²) in [5, 5.41) is 4.65. The van der Waals surface area contributed by atoms with Crippen LogP contribution >= 0.6 is 0 Å². The Labute approximate surface area is 186 Å². The molecule has 0 fully saturated rings. The van der Waals surface area contributed by atoms with Gasteiger partial charge in [-0.05, 0) is 54.1 Å². The Morgan fingerprint density at radius 3 is 2.44 bits per heavy atom. The molecule has 0 unspecified atom stereocenters. The van der Waals surface area contributed by atoms with Crippen LogP contribution in [0.1, 0.15) is 32.4 Å². The fraction of sp³-hybridized carbons (Fsp3) is 0.120. The highest BCUT2D eigenvalue weighted by atomic mass is 16.5. The van der Waals surface area contributed by atoms with Crippen LogP contribution in [0.3, 0.4) is 0 Å². The molecular formula is C25H23N3O4. The minimum atomic E-state index is -0.595. The van der Waals surface area contributed by atoms with Gasteiger partial charge in [-0.15, -0.1) is 0 Å². The Morgan fingerprint density at radius 2 is 1.75 bits per heavy atom. The summed E-state index contributed by atoms with van der Waals surface area (Å²) in [5.74, 6) is 0.612. The van der Waals surface area contributed by atoms with Gasteiger partial charge in [0.05, 0.1) is 12.7 Å². The van der Waals surface area contributed by atoms with Crippen molar-refractivity contribution in [2.75, 3.05) is 19.0 Å². The molecule has 0 aliphatic carbocycles. The molecule has 0 saturated heterocycles. The number of nitrogens with zero attached hydrogens (tertiary/aromatic N) is 1. The fourth-order valence-electron chi connectivity index (χ4n) is 3.42. The number of rotatable bonds is 7. The van der Waals surface area contributed by atoms with Gasteiger partial charge in [0.2, 0.25) is 0 Å². The minimum Gasteiger partial charge on any atom is -0.497 e. The molecule has 0 bridgehead atoms. The van der Waals surface area contributed by atoms with Crippen molar-refractivity contribution in [3.63, 3.8) is 0 Å². The Morgan fingerprint density at radius 1 is 1.06 bits per heavy atom. The zero-order valence-electron chi connectivity index (χ0n) is 17.6. The van der Waals surface area contributed by atoms with Crippen LogP contribution in [0.4, 0.5) is 5.69 Å². The normalized spacial score (nSPS) is 14.7. The summed E-state index contributed by atoms with van der Waals surface area (Å²) in [6, 6.07) is 21.2. The molecule has 0 saturated carbocycles. The molecule has 2 N–H and O–H groups in total. The number of carbonyl (C=O) groups excluding carboxylic acids is 2. The molecule has 3 aromatic rings. The lowest BCUT2D eigenvalue weighted by Crippen LogP contribution is -2.52. The van der Waals surface area contributed by atoms with Crippen molar-refractivity contribution in [2.45, 2.75) is 6.17 Å². The minimum absolute atomic E-state index is 0.306. The van der Waals surface area contributed by atoms with E-state index in [0.717, 1.165) is 5.56 Å². The topological polar surface area (TPSA) is 79.9 Å². The number of methoxy groups -OCH3 is 1. The third kappa shape index (κ3) is 4.27. The van der Waals surface area contributed by atoms with Crippen molar-refractivity contribution >= 4 is 17.5 Å². The lowest BCUT2D eigenvalue weighted by Gasteiger charge is -2.37. The van der Waals surface area contributed by atoms with Crippen molar-refractivity contribution in [1.82, 2.24) is 10.4 Å². The molecule has 1 aliphatic heterocycles. The first kappa shape index (κ1) is 21.0. The number of fused-ring (bicyclic) bond motifs is 1. The standard InChI is InChI=1S/C25H23N3O4/c1-3-16-32-20-14-10-18(11-15-20)24(29)27-28-23(17-8-12-19(31-2)13-9-17)26-22-7-5-4-6-21(22)25(28)30/h3-15,23,26H,1,16H2,2H3,(H,27,29)/t23-/m0/s1. The molecule has 7 nitrogen and oxygen atoms in total. The number of ether oxygens (including phenoxy) is 2. The third-order valence-corrected chi connectivity index (χ3v) is 5.06. The number of carbonyl (C=O) groups is 2. The number of hydrogen-bond donors (Lipinski definition) is 2. The molecule has 4 rings (SSSR count). The molecular weight excluding hydrogens is 406 g/mol. The van der Waals surface area contributed by atoms with Crippen molar-refractivity contribution in [3.05, 3.63) is 102 Å². The summed E-state index contributed by atoms with van der Waals surface area (Å²) in [6.07, 6.45) is 1.05. The first-order valence-corrected chi connectivity index (χ1v) is 10.1. The van der Waals surface area contributed by atoms with E-state index in [1.165, 1.54) is 5.01 Å². The highest BCUT2D eigenvalue weighted by molar-refractivity contribution is 6.04. The van der Waals surface area contributed by atoms with Crippen molar-refractivity contribution in [2.24, 2.45) is 0 Å². The number of nitrogens with one attached hydrogen (secondary N) is 2. The first-order valence-electron chi connectivity index (χ1n) is 10.1. The van der Waals surface area contributed by atoms with Gasteiger partial charge < -0.3 is 14.8 Å². The highest BCUT2D eigenvalue weighted by Gasteiger charge is 2.34. The molecule has 0 aromatic heterocycles. The Balaban J connectivity index is 1.61. The number of anilines is 1. The van der Waals surface area contributed by atoms with Crippen LogP contribution in [0.2, 0.25) is 0 Å². The zero-order chi connectivity index (χ0) is 22.5. The van der Waals surface area contributed by atoms with Gasteiger partial charge in [-0.3, -0.25) is 15.0 Å². The average molecular weight is 429 g/mol. The van der Waals surface area contributed by atoms with Gasteiger partial charge >= 0.3 is 0 Å². The summed E-state index contributed by atoms with van der Waals surface area (Å²) in [5.41, 5.74) is 5.13. The van der Waals surface area contributed by atoms with Crippen LogP contribution < -0.4 is 20.2 Å². The van der Waals surface area contributed by atoms with Crippen molar-refractivity contribution in [1.29, 1.82) is 0 Å². The van der Waals surface area contributed by atoms with Crippen LogP contribution in [0.5, 0.6) is 11.5 Å². The van der Waals surface area contributed by atoms with E-state index in [2.05, 4.69) is 17.3 Å². The van der Waals surface area contributed by atoms with E-state index in [-0.39, 0.29) is 5.91 Å². The van der Waals surface area contributed by atoms with E-state index >= 15 is 0 Å². The molecule has 3 aromatic carbocycles. The van der Waals surface area contributed by atoms with E-state index in [1.807, 2.05) is 36.4 Å². The molecule has 1 aliphatic rings. The maximum absolute atomic E-state index is 13.3. The smallest absolute Gasteiger partial charge is 0.276 e. The van der Waals surface area contributed by atoms with Gasteiger partial charge in [0.25, 0.3) is 11.8 Å². The van der Waals surface area contributed by atoms with E-state index in [4.69, 9.17) is 9.47 Å². The number of hydrazine groups is 1. The van der Waals surface area contributed by atoms with Gasteiger partial charge in [-0.2, -0.15) is 0 Å². The molecule has 32 heavy (non-hydrogen) atoms. The number of amides is 2. The van der Waals surface area contributed by atoms with E-state index in [1.54, 1.807) is 49.6 Å². The summed E-state index contributed by atoms with van der Waals surface area (Å²) in [7, 11) is 1.59. The quantitative estimate of drug-likeness (QED) is 0.551. The zero-order valence-corrected chi connectivity index (χ0v) is 17.6. The maximum Gasteiger partial charge on any atom is 0.276 e. The molecule has 1 atom stereocenters. The lowest BCUT2D eigenvalue weighted by atomic mass is 10.0. The Hall–Kier alpha value is -4.26. The van der Waals surface area contributed by atoms with Gasteiger partial charge in [0.1, 0.15) is 24.3 Å². The monoisotopic (exact) mass is 429 g/mol.